The Bertz CT molecular complexity index is 583. The van der Waals surface area contributed by atoms with Crippen LogP contribution in [-0.4, -0.2) is 51.5 Å². The number of morpholine rings is 1. The van der Waals surface area contributed by atoms with Gasteiger partial charge in [-0.1, -0.05) is 6.07 Å². The molecule has 7 heteroatoms. The molecule has 1 aliphatic rings. The minimum atomic E-state index is -0.0301. The smallest absolute Gasteiger partial charge is 0.212 e. The minimum Gasteiger partial charge on any atom is -0.481 e. The number of aryl methyl sites for hydroxylation is 1. The highest BCUT2D eigenvalue weighted by atomic mass is 16.5. The Hall–Kier alpha value is -1.99. The third-order valence-corrected chi connectivity index (χ3v) is 3.60. The molecule has 112 valence electrons. The van der Waals surface area contributed by atoms with Gasteiger partial charge in [0.25, 0.3) is 0 Å². The molecule has 0 amide bonds. The summed E-state index contributed by atoms with van der Waals surface area (Å²) in [6.45, 7) is 3.24. The highest BCUT2D eigenvalue weighted by Crippen LogP contribution is 2.21. The van der Waals surface area contributed by atoms with E-state index in [9.17, 15) is 0 Å². The fraction of sp³-hybridized carbons (Fsp3) is 0.500. The van der Waals surface area contributed by atoms with Crippen molar-refractivity contribution in [2.75, 3.05) is 26.8 Å². The van der Waals surface area contributed by atoms with Crippen LogP contribution < -0.4 is 4.74 Å². The second-order valence-corrected chi connectivity index (χ2v) is 5.10. The van der Waals surface area contributed by atoms with Crippen LogP contribution in [0.1, 0.15) is 17.5 Å². The lowest BCUT2D eigenvalue weighted by Crippen LogP contribution is -2.38. The quantitative estimate of drug-likeness (QED) is 0.829. The van der Waals surface area contributed by atoms with E-state index in [1.165, 1.54) is 0 Å². The number of pyridine rings is 1. The first-order valence-corrected chi connectivity index (χ1v) is 6.93. The van der Waals surface area contributed by atoms with Crippen molar-refractivity contribution in [3.63, 3.8) is 0 Å². The summed E-state index contributed by atoms with van der Waals surface area (Å²) in [7, 11) is 3.56. The van der Waals surface area contributed by atoms with E-state index in [4.69, 9.17) is 9.47 Å². The third kappa shape index (κ3) is 3.20. The number of ether oxygens (including phenoxy) is 2. The van der Waals surface area contributed by atoms with E-state index < -0.39 is 0 Å². The van der Waals surface area contributed by atoms with Gasteiger partial charge in [-0.3, -0.25) is 4.90 Å². The molecule has 3 heterocycles. The summed E-state index contributed by atoms with van der Waals surface area (Å²) >= 11 is 0. The number of aromatic nitrogens is 4. The van der Waals surface area contributed by atoms with Crippen molar-refractivity contribution >= 4 is 0 Å². The highest BCUT2D eigenvalue weighted by molar-refractivity contribution is 5.17. The van der Waals surface area contributed by atoms with E-state index in [2.05, 4.69) is 20.1 Å². The van der Waals surface area contributed by atoms with Gasteiger partial charge < -0.3 is 14.0 Å². The topological polar surface area (TPSA) is 65.3 Å². The van der Waals surface area contributed by atoms with Crippen molar-refractivity contribution in [1.82, 2.24) is 24.6 Å². The van der Waals surface area contributed by atoms with E-state index in [-0.39, 0.29) is 6.10 Å². The first kappa shape index (κ1) is 14.0. The van der Waals surface area contributed by atoms with Crippen LogP contribution in [0.15, 0.2) is 24.7 Å². The zero-order chi connectivity index (χ0) is 14.7. The van der Waals surface area contributed by atoms with E-state index in [0.717, 1.165) is 31.0 Å². The average molecular weight is 289 g/mol. The zero-order valence-corrected chi connectivity index (χ0v) is 12.3. The molecule has 1 aliphatic heterocycles. The Morgan fingerprint density at radius 1 is 1.43 bits per heavy atom. The Morgan fingerprint density at radius 2 is 2.33 bits per heavy atom. The predicted molar refractivity (Wildman–Crippen MR) is 75.8 cm³/mol. The van der Waals surface area contributed by atoms with Gasteiger partial charge in [-0.2, -0.15) is 0 Å². The van der Waals surface area contributed by atoms with Crippen molar-refractivity contribution in [1.29, 1.82) is 0 Å². The van der Waals surface area contributed by atoms with Crippen LogP contribution in [0.4, 0.5) is 0 Å². The van der Waals surface area contributed by atoms with Crippen LogP contribution in [0.25, 0.3) is 0 Å². The van der Waals surface area contributed by atoms with Crippen LogP contribution in [0.2, 0.25) is 0 Å². The summed E-state index contributed by atoms with van der Waals surface area (Å²) in [5, 5.41) is 8.05. The van der Waals surface area contributed by atoms with Crippen molar-refractivity contribution in [2.24, 2.45) is 7.05 Å². The lowest BCUT2D eigenvalue weighted by atomic mass is 10.2. The lowest BCUT2D eigenvalue weighted by Gasteiger charge is -2.32. The molecule has 7 nitrogen and oxygen atoms in total. The predicted octanol–water partition coefficient (Wildman–Crippen LogP) is 0.792. The third-order valence-electron chi connectivity index (χ3n) is 3.60. The maximum absolute atomic E-state index is 5.81. The molecule has 0 N–H and O–H groups in total. The first-order valence-electron chi connectivity index (χ1n) is 6.93. The van der Waals surface area contributed by atoms with Crippen molar-refractivity contribution in [2.45, 2.75) is 12.6 Å². The number of rotatable bonds is 4. The molecular weight excluding hydrogens is 270 g/mol. The van der Waals surface area contributed by atoms with Gasteiger partial charge in [0.05, 0.1) is 13.7 Å². The summed E-state index contributed by atoms with van der Waals surface area (Å²) in [5.74, 6) is 1.50. The Kier molecular flexibility index (Phi) is 4.12. The number of nitrogens with zero attached hydrogens (tertiary/aromatic N) is 5. The summed E-state index contributed by atoms with van der Waals surface area (Å²) in [6.07, 6.45) is 3.52. The Morgan fingerprint density at radius 3 is 3.00 bits per heavy atom. The van der Waals surface area contributed by atoms with Gasteiger partial charge in [0.1, 0.15) is 12.4 Å². The van der Waals surface area contributed by atoms with Gasteiger partial charge in [0, 0.05) is 38.9 Å². The van der Waals surface area contributed by atoms with Crippen LogP contribution in [0.5, 0.6) is 5.88 Å². The van der Waals surface area contributed by atoms with E-state index in [1.54, 1.807) is 13.4 Å². The van der Waals surface area contributed by atoms with E-state index in [0.29, 0.717) is 12.5 Å². The summed E-state index contributed by atoms with van der Waals surface area (Å²) in [5.41, 5.74) is 1.16. The Labute approximate surface area is 123 Å². The molecule has 1 fully saturated rings. The lowest BCUT2D eigenvalue weighted by molar-refractivity contribution is -0.0386. The Balaban J connectivity index is 1.64. The second-order valence-electron chi connectivity index (χ2n) is 5.10. The van der Waals surface area contributed by atoms with Gasteiger partial charge in [0.2, 0.25) is 5.88 Å². The second kappa shape index (κ2) is 6.19. The monoisotopic (exact) mass is 289 g/mol. The average Bonchev–Trinajstić information content (AvgIpc) is 2.94. The molecule has 0 saturated carbocycles. The maximum Gasteiger partial charge on any atom is 0.212 e. The fourth-order valence-electron chi connectivity index (χ4n) is 2.47. The molecule has 2 aromatic heterocycles. The van der Waals surface area contributed by atoms with Gasteiger partial charge in [-0.25, -0.2) is 4.98 Å². The van der Waals surface area contributed by atoms with Gasteiger partial charge in [-0.05, 0) is 5.56 Å². The molecular formula is C14H19N5O2. The summed E-state index contributed by atoms with van der Waals surface area (Å²) < 4.78 is 12.8. The number of hydrogen-bond acceptors (Lipinski definition) is 6. The molecule has 21 heavy (non-hydrogen) atoms. The molecule has 0 aromatic carbocycles. The normalized spacial score (nSPS) is 19.6. The maximum atomic E-state index is 5.81. The van der Waals surface area contributed by atoms with Crippen molar-refractivity contribution in [3.05, 3.63) is 36.0 Å². The molecule has 0 unspecified atom stereocenters. The molecule has 1 atom stereocenters. The molecule has 0 spiro atoms. The largest absolute Gasteiger partial charge is 0.481 e. The molecule has 2 aromatic rings. The first-order chi connectivity index (χ1) is 10.3. The fourth-order valence-corrected chi connectivity index (χ4v) is 2.47. The van der Waals surface area contributed by atoms with Crippen LogP contribution >= 0.6 is 0 Å². The summed E-state index contributed by atoms with van der Waals surface area (Å²) in [4.78, 5) is 6.58. The highest BCUT2D eigenvalue weighted by Gasteiger charge is 2.25. The van der Waals surface area contributed by atoms with Gasteiger partial charge in [-0.15, -0.1) is 10.2 Å². The van der Waals surface area contributed by atoms with Crippen LogP contribution in [-0.2, 0) is 18.3 Å². The van der Waals surface area contributed by atoms with Gasteiger partial charge >= 0.3 is 0 Å². The van der Waals surface area contributed by atoms with E-state index >= 15 is 0 Å². The molecule has 0 radical (unpaired) electrons. The molecule has 3 rings (SSSR count). The SMILES string of the molecule is COc1ccc(CN2CCO[C@@H](c3nncn3C)C2)cn1. The van der Waals surface area contributed by atoms with Crippen LogP contribution in [0.3, 0.4) is 0 Å². The number of methoxy groups -OCH3 is 1. The zero-order valence-electron chi connectivity index (χ0n) is 12.3. The van der Waals surface area contributed by atoms with Gasteiger partial charge in [0.15, 0.2) is 5.82 Å². The molecule has 0 aliphatic carbocycles. The molecule has 0 bridgehead atoms. The minimum absolute atomic E-state index is 0.0301. The van der Waals surface area contributed by atoms with Crippen LogP contribution in [0, 0.1) is 0 Å². The van der Waals surface area contributed by atoms with Crippen molar-refractivity contribution < 1.29 is 9.47 Å². The number of hydrogen-bond donors (Lipinski definition) is 0. The van der Waals surface area contributed by atoms with Crippen molar-refractivity contribution in [3.8, 4) is 5.88 Å². The summed E-state index contributed by atoms with van der Waals surface area (Å²) in [6, 6.07) is 3.93. The standard InChI is InChI=1S/C14H19N5O2/c1-18-10-16-17-14(18)12-9-19(5-6-21-12)8-11-3-4-13(20-2)15-7-11/h3-4,7,10,12H,5-6,8-9H2,1-2H3/t12-/m1/s1. The van der Waals surface area contributed by atoms with E-state index in [1.807, 2.05) is 29.9 Å². The molecule has 1 saturated heterocycles.